The molecule has 0 aliphatic carbocycles. The summed E-state index contributed by atoms with van der Waals surface area (Å²) in [6.45, 7) is 3.26. The van der Waals surface area contributed by atoms with Gasteiger partial charge in [-0.25, -0.2) is 0 Å². The normalized spacial score (nSPS) is 22.8. The molecule has 5 nitrogen and oxygen atoms in total. The minimum Gasteiger partial charge on any atom is -0.325 e. The molecular weight excluding hydrogens is 276 g/mol. The first kappa shape index (κ1) is 14.6. The van der Waals surface area contributed by atoms with E-state index >= 15 is 0 Å². The van der Waals surface area contributed by atoms with Crippen LogP contribution in [0.2, 0.25) is 0 Å². The quantitative estimate of drug-likeness (QED) is 0.858. The summed E-state index contributed by atoms with van der Waals surface area (Å²) in [6.07, 6.45) is 0. The van der Waals surface area contributed by atoms with Gasteiger partial charge in [0.25, 0.3) is 0 Å². The van der Waals surface area contributed by atoms with E-state index < -0.39 is 0 Å². The Morgan fingerprint density at radius 1 is 1.15 bits per heavy atom. The summed E-state index contributed by atoms with van der Waals surface area (Å²) >= 11 is 1.32. The van der Waals surface area contributed by atoms with Crippen LogP contribution in [0, 0.1) is 0 Å². The minimum absolute atomic E-state index is 0.234. The van der Waals surface area contributed by atoms with Crippen molar-refractivity contribution in [3.8, 4) is 0 Å². The highest BCUT2D eigenvalue weighted by molar-refractivity contribution is 8.02. The Labute approximate surface area is 121 Å². The molecule has 0 radical (unpaired) electrons. The molecule has 2 atom stereocenters. The van der Waals surface area contributed by atoms with Crippen LogP contribution in [0.25, 0.3) is 0 Å². The van der Waals surface area contributed by atoms with Gasteiger partial charge >= 0.3 is 0 Å². The van der Waals surface area contributed by atoms with Crippen molar-refractivity contribution in [3.63, 3.8) is 0 Å². The molecule has 6 heteroatoms. The van der Waals surface area contributed by atoms with E-state index in [0.29, 0.717) is 5.69 Å². The number of rotatable bonds is 3. The Morgan fingerprint density at radius 3 is 2.25 bits per heavy atom. The van der Waals surface area contributed by atoms with Gasteiger partial charge in [0, 0.05) is 5.69 Å². The first-order chi connectivity index (χ1) is 9.49. The number of carbonyl (C=O) groups excluding carboxylic acids is 3. The molecule has 0 saturated carbocycles. The smallest absolute Gasteiger partial charge is 0.244 e. The maximum absolute atomic E-state index is 12.0. The minimum atomic E-state index is -0.371. The summed E-state index contributed by atoms with van der Waals surface area (Å²) in [7, 11) is 0. The third-order valence-corrected chi connectivity index (χ3v) is 4.21. The topological polar surface area (TPSA) is 66.5 Å². The number of hydrogen-bond donors (Lipinski definition) is 1. The van der Waals surface area contributed by atoms with Crippen molar-refractivity contribution < 1.29 is 14.4 Å². The van der Waals surface area contributed by atoms with Crippen molar-refractivity contribution in [1.82, 2.24) is 4.90 Å². The molecule has 0 bridgehead atoms. The van der Waals surface area contributed by atoms with Gasteiger partial charge in [-0.1, -0.05) is 18.2 Å². The van der Waals surface area contributed by atoms with Gasteiger partial charge in [0.1, 0.15) is 6.54 Å². The van der Waals surface area contributed by atoms with E-state index in [1.807, 2.05) is 6.07 Å². The molecule has 0 aromatic heterocycles. The van der Waals surface area contributed by atoms with Crippen LogP contribution in [0.4, 0.5) is 5.69 Å². The van der Waals surface area contributed by atoms with Gasteiger partial charge in [0.15, 0.2) is 0 Å². The summed E-state index contributed by atoms with van der Waals surface area (Å²) in [5.74, 6) is -0.980. The van der Waals surface area contributed by atoms with Crippen molar-refractivity contribution in [2.24, 2.45) is 0 Å². The van der Waals surface area contributed by atoms with Gasteiger partial charge in [-0.2, -0.15) is 0 Å². The van der Waals surface area contributed by atoms with E-state index in [9.17, 15) is 14.4 Å². The molecule has 3 amide bonds. The number of para-hydroxylation sites is 1. The fourth-order valence-electron chi connectivity index (χ4n) is 1.99. The Balaban J connectivity index is 2.02. The summed E-state index contributed by atoms with van der Waals surface area (Å²) < 4.78 is 0. The van der Waals surface area contributed by atoms with Crippen LogP contribution in [0.1, 0.15) is 13.8 Å². The van der Waals surface area contributed by atoms with Crippen molar-refractivity contribution in [2.75, 3.05) is 11.9 Å². The zero-order chi connectivity index (χ0) is 14.7. The zero-order valence-corrected chi connectivity index (χ0v) is 12.1. The summed E-state index contributed by atoms with van der Waals surface area (Å²) in [6, 6.07) is 8.94. The molecular formula is C14H16N2O3S. The molecule has 106 valence electrons. The van der Waals surface area contributed by atoms with E-state index in [4.69, 9.17) is 0 Å². The second kappa shape index (κ2) is 6.09. The molecule has 1 fully saturated rings. The number of imide groups is 1. The number of thioether (sulfide) groups is 1. The highest BCUT2D eigenvalue weighted by Crippen LogP contribution is 2.26. The van der Waals surface area contributed by atoms with Crippen molar-refractivity contribution in [1.29, 1.82) is 0 Å². The maximum atomic E-state index is 12.0. The lowest BCUT2D eigenvalue weighted by molar-refractivity contribution is -0.147. The number of nitrogens with one attached hydrogen (secondary N) is 1. The molecule has 0 spiro atoms. The molecule has 1 aromatic rings. The summed E-state index contributed by atoms with van der Waals surface area (Å²) in [4.78, 5) is 36.9. The van der Waals surface area contributed by atoms with Gasteiger partial charge in [-0.15, -0.1) is 11.8 Å². The van der Waals surface area contributed by atoms with Crippen LogP contribution in [0.5, 0.6) is 0 Å². The van der Waals surface area contributed by atoms with Crippen LogP contribution in [0.3, 0.4) is 0 Å². The fourth-order valence-corrected chi connectivity index (χ4v) is 3.09. The van der Waals surface area contributed by atoms with E-state index in [-0.39, 0.29) is 34.8 Å². The van der Waals surface area contributed by atoms with Gasteiger partial charge in [-0.3, -0.25) is 19.3 Å². The van der Waals surface area contributed by atoms with Gasteiger partial charge in [-0.05, 0) is 26.0 Å². The highest BCUT2D eigenvalue weighted by Gasteiger charge is 2.37. The van der Waals surface area contributed by atoms with Gasteiger partial charge in [0.2, 0.25) is 17.7 Å². The summed E-state index contributed by atoms with van der Waals surface area (Å²) in [5, 5.41) is 2.07. The molecule has 1 aliphatic rings. The first-order valence-electron chi connectivity index (χ1n) is 6.34. The Bertz CT molecular complexity index is 512. The second-order valence-electron chi connectivity index (χ2n) is 4.60. The molecule has 1 N–H and O–H groups in total. The third kappa shape index (κ3) is 3.19. The standard InChI is InChI=1S/C14H16N2O3S/c1-9-13(18)16(14(19)10(2)20-9)8-12(17)15-11-6-4-3-5-7-11/h3-7,9-10H,8H2,1-2H3,(H,15,17)/t9-,10-/m1/s1. The van der Waals surface area contributed by atoms with Gasteiger partial charge in [0.05, 0.1) is 10.5 Å². The Morgan fingerprint density at radius 2 is 1.70 bits per heavy atom. The van der Waals surface area contributed by atoms with E-state index in [1.54, 1.807) is 38.1 Å². The number of carbonyl (C=O) groups is 3. The lowest BCUT2D eigenvalue weighted by Gasteiger charge is -2.31. The van der Waals surface area contributed by atoms with Crippen molar-refractivity contribution in [3.05, 3.63) is 30.3 Å². The molecule has 1 aliphatic heterocycles. The van der Waals surface area contributed by atoms with Crippen LogP contribution in [0.15, 0.2) is 30.3 Å². The zero-order valence-electron chi connectivity index (χ0n) is 11.3. The molecule has 20 heavy (non-hydrogen) atoms. The summed E-state index contributed by atoms with van der Waals surface area (Å²) in [5.41, 5.74) is 0.643. The fraction of sp³-hybridized carbons (Fsp3) is 0.357. The number of hydrogen-bond acceptors (Lipinski definition) is 4. The van der Waals surface area contributed by atoms with Crippen molar-refractivity contribution in [2.45, 2.75) is 24.3 Å². The molecule has 1 heterocycles. The average Bonchev–Trinajstić information content (AvgIpc) is 2.42. The predicted octanol–water partition coefficient (Wildman–Crippen LogP) is 1.50. The Kier molecular flexibility index (Phi) is 4.44. The maximum Gasteiger partial charge on any atom is 0.244 e. The molecule has 1 aromatic carbocycles. The lowest BCUT2D eigenvalue weighted by atomic mass is 10.3. The number of amides is 3. The molecule has 1 saturated heterocycles. The Hall–Kier alpha value is -1.82. The highest BCUT2D eigenvalue weighted by atomic mass is 32.2. The monoisotopic (exact) mass is 292 g/mol. The van der Waals surface area contributed by atoms with Crippen LogP contribution >= 0.6 is 11.8 Å². The first-order valence-corrected chi connectivity index (χ1v) is 7.29. The van der Waals surface area contributed by atoms with E-state index in [2.05, 4.69) is 5.32 Å². The van der Waals surface area contributed by atoms with E-state index in [0.717, 1.165) is 4.90 Å². The lowest BCUT2D eigenvalue weighted by Crippen LogP contribution is -2.52. The van der Waals surface area contributed by atoms with E-state index in [1.165, 1.54) is 11.8 Å². The third-order valence-electron chi connectivity index (χ3n) is 3.00. The number of benzene rings is 1. The predicted molar refractivity (Wildman–Crippen MR) is 78.3 cm³/mol. The molecule has 0 unspecified atom stereocenters. The second-order valence-corrected chi connectivity index (χ2v) is 6.28. The number of anilines is 1. The SMILES string of the molecule is C[C@H]1S[C@H](C)C(=O)N(CC(=O)Nc2ccccc2)C1=O. The van der Waals surface area contributed by atoms with Gasteiger partial charge < -0.3 is 5.32 Å². The van der Waals surface area contributed by atoms with Crippen LogP contribution < -0.4 is 5.32 Å². The van der Waals surface area contributed by atoms with Crippen LogP contribution in [-0.4, -0.2) is 39.7 Å². The van der Waals surface area contributed by atoms with Crippen LogP contribution in [-0.2, 0) is 14.4 Å². The van der Waals surface area contributed by atoms with Crippen molar-refractivity contribution >= 4 is 35.2 Å². The molecule has 2 rings (SSSR count). The largest absolute Gasteiger partial charge is 0.325 e. The number of nitrogens with zero attached hydrogens (tertiary/aromatic N) is 1. The average molecular weight is 292 g/mol.